The van der Waals surface area contributed by atoms with Crippen molar-refractivity contribution in [3.63, 3.8) is 0 Å². The Kier molecular flexibility index (Phi) is 3.64. The molecule has 4 heteroatoms. The lowest BCUT2D eigenvalue weighted by Gasteiger charge is -2.27. The molecule has 1 aromatic rings. The predicted octanol–water partition coefficient (Wildman–Crippen LogP) is 1.51. The lowest BCUT2D eigenvalue weighted by atomic mass is 10.1. The van der Waals surface area contributed by atoms with Crippen LogP contribution in [0.15, 0.2) is 18.2 Å². The number of aryl methyl sites for hydroxylation is 1. The van der Waals surface area contributed by atoms with Crippen LogP contribution < -0.4 is 5.32 Å². The maximum absolute atomic E-state index is 12.2. The lowest BCUT2D eigenvalue weighted by Crippen LogP contribution is -2.40. The first-order valence-electron chi connectivity index (χ1n) is 5.88. The van der Waals surface area contributed by atoms with Gasteiger partial charge in [-0.3, -0.25) is 4.79 Å². The molecule has 0 spiro atoms. The quantitative estimate of drug-likeness (QED) is 0.843. The molecule has 2 rings (SSSR count). The SMILES string of the molecule is CNc1ccc(C(=O)N2CCOCC2)cc1C. The van der Waals surface area contributed by atoms with Crippen molar-refractivity contribution in [2.24, 2.45) is 0 Å². The first-order chi connectivity index (χ1) is 8.22. The van der Waals surface area contributed by atoms with Crippen molar-refractivity contribution >= 4 is 11.6 Å². The van der Waals surface area contributed by atoms with Crippen molar-refractivity contribution in [1.82, 2.24) is 4.90 Å². The van der Waals surface area contributed by atoms with Gasteiger partial charge in [0.1, 0.15) is 0 Å². The highest BCUT2D eigenvalue weighted by Crippen LogP contribution is 2.17. The number of carbonyl (C=O) groups excluding carboxylic acids is 1. The minimum absolute atomic E-state index is 0.0963. The number of nitrogens with one attached hydrogen (secondary N) is 1. The molecule has 17 heavy (non-hydrogen) atoms. The Hall–Kier alpha value is -1.55. The summed E-state index contributed by atoms with van der Waals surface area (Å²) in [6, 6.07) is 5.75. The van der Waals surface area contributed by atoms with Crippen LogP contribution in [0.2, 0.25) is 0 Å². The van der Waals surface area contributed by atoms with Gasteiger partial charge < -0.3 is 15.0 Å². The third kappa shape index (κ3) is 2.58. The second kappa shape index (κ2) is 5.19. The van der Waals surface area contributed by atoms with Crippen LogP contribution in [-0.4, -0.2) is 44.2 Å². The van der Waals surface area contributed by atoms with E-state index in [1.54, 1.807) is 0 Å². The van der Waals surface area contributed by atoms with Gasteiger partial charge in [-0.2, -0.15) is 0 Å². The number of nitrogens with zero attached hydrogens (tertiary/aromatic N) is 1. The van der Waals surface area contributed by atoms with E-state index in [2.05, 4.69) is 5.32 Å². The summed E-state index contributed by atoms with van der Waals surface area (Å²) < 4.78 is 5.24. The van der Waals surface area contributed by atoms with Crippen molar-refractivity contribution in [2.75, 3.05) is 38.7 Å². The molecule has 0 saturated carbocycles. The van der Waals surface area contributed by atoms with Gasteiger partial charge in [0, 0.05) is 31.4 Å². The van der Waals surface area contributed by atoms with Gasteiger partial charge in [0.25, 0.3) is 5.91 Å². The van der Waals surface area contributed by atoms with Crippen LogP contribution in [0.5, 0.6) is 0 Å². The average molecular weight is 234 g/mol. The average Bonchev–Trinajstić information content (AvgIpc) is 2.39. The summed E-state index contributed by atoms with van der Waals surface area (Å²) in [5.41, 5.74) is 2.90. The number of carbonyl (C=O) groups is 1. The van der Waals surface area contributed by atoms with E-state index in [-0.39, 0.29) is 5.91 Å². The molecule has 1 heterocycles. The highest BCUT2D eigenvalue weighted by Gasteiger charge is 2.18. The number of hydrogen-bond acceptors (Lipinski definition) is 3. The molecule has 1 amide bonds. The predicted molar refractivity (Wildman–Crippen MR) is 67.4 cm³/mol. The summed E-state index contributed by atoms with van der Waals surface area (Å²) in [4.78, 5) is 14.0. The molecule has 4 nitrogen and oxygen atoms in total. The molecule has 0 aliphatic carbocycles. The van der Waals surface area contributed by atoms with E-state index < -0.39 is 0 Å². The van der Waals surface area contributed by atoms with Gasteiger partial charge in [0.15, 0.2) is 0 Å². The van der Waals surface area contributed by atoms with Crippen LogP contribution >= 0.6 is 0 Å². The number of morpholine rings is 1. The van der Waals surface area contributed by atoms with Gasteiger partial charge in [0.2, 0.25) is 0 Å². The molecule has 0 atom stereocenters. The molecule has 92 valence electrons. The first-order valence-corrected chi connectivity index (χ1v) is 5.88. The van der Waals surface area contributed by atoms with Crippen molar-refractivity contribution < 1.29 is 9.53 Å². The van der Waals surface area contributed by atoms with E-state index in [1.165, 1.54) is 0 Å². The summed E-state index contributed by atoms with van der Waals surface area (Å²) in [7, 11) is 1.88. The molecular formula is C13H18N2O2. The van der Waals surface area contributed by atoms with Crippen molar-refractivity contribution in [3.8, 4) is 0 Å². The summed E-state index contributed by atoms with van der Waals surface area (Å²) in [6.45, 7) is 4.65. The van der Waals surface area contributed by atoms with Crippen LogP contribution in [0.4, 0.5) is 5.69 Å². The number of anilines is 1. The summed E-state index contributed by atoms with van der Waals surface area (Å²) in [5.74, 6) is 0.0963. The Morgan fingerprint density at radius 2 is 2.06 bits per heavy atom. The second-order valence-corrected chi connectivity index (χ2v) is 4.18. The van der Waals surface area contributed by atoms with Gasteiger partial charge in [0.05, 0.1) is 13.2 Å². The standard InChI is InChI=1S/C13H18N2O2/c1-10-9-11(3-4-12(10)14-2)13(16)15-5-7-17-8-6-15/h3-4,9,14H,5-8H2,1-2H3. The van der Waals surface area contributed by atoms with Crippen LogP contribution in [-0.2, 0) is 4.74 Å². The molecule has 1 aliphatic heterocycles. The minimum Gasteiger partial charge on any atom is -0.388 e. The Bertz CT molecular complexity index is 412. The zero-order valence-corrected chi connectivity index (χ0v) is 10.3. The highest BCUT2D eigenvalue weighted by atomic mass is 16.5. The van der Waals surface area contributed by atoms with Gasteiger partial charge in [-0.1, -0.05) is 0 Å². The van der Waals surface area contributed by atoms with E-state index in [1.807, 2.05) is 37.1 Å². The van der Waals surface area contributed by atoms with Gasteiger partial charge in [-0.15, -0.1) is 0 Å². The summed E-state index contributed by atoms with van der Waals surface area (Å²) >= 11 is 0. The topological polar surface area (TPSA) is 41.6 Å². The Balaban J connectivity index is 2.16. The molecule has 0 aromatic heterocycles. The molecule has 1 fully saturated rings. The van der Waals surface area contributed by atoms with E-state index in [0.717, 1.165) is 16.8 Å². The van der Waals surface area contributed by atoms with Crippen LogP contribution in [0, 0.1) is 6.92 Å². The molecular weight excluding hydrogens is 216 g/mol. The molecule has 1 aromatic carbocycles. The maximum atomic E-state index is 12.2. The largest absolute Gasteiger partial charge is 0.388 e. The number of ether oxygens (including phenoxy) is 1. The van der Waals surface area contributed by atoms with E-state index in [4.69, 9.17) is 4.74 Å². The molecule has 0 radical (unpaired) electrons. The molecule has 1 saturated heterocycles. The number of rotatable bonds is 2. The maximum Gasteiger partial charge on any atom is 0.254 e. The third-order valence-electron chi connectivity index (χ3n) is 3.04. The third-order valence-corrected chi connectivity index (χ3v) is 3.04. The zero-order valence-electron chi connectivity index (χ0n) is 10.3. The number of amides is 1. The Morgan fingerprint density at radius 3 is 2.65 bits per heavy atom. The Labute approximate surface area is 102 Å². The van der Waals surface area contributed by atoms with E-state index in [9.17, 15) is 4.79 Å². The monoisotopic (exact) mass is 234 g/mol. The Morgan fingerprint density at radius 1 is 1.35 bits per heavy atom. The fraction of sp³-hybridized carbons (Fsp3) is 0.462. The highest BCUT2D eigenvalue weighted by molar-refractivity contribution is 5.95. The van der Waals surface area contributed by atoms with Crippen molar-refractivity contribution in [1.29, 1.82) is 0 Å². The van der Waals surface area contributed by atoms with Crippen LogP contribution in [0.1, 0.15) is 15.9 Å². The number of hydrogen-bond donors (Lipinski definition) is 1. The smallest absolute Gasteiger partial charge is 0.254 e. The van der Waals surface area contributed by atoms with Crippen LogP contribution in [0.3, 0.4) is 0 Å². The summed E-state index contributed by atoms with van der Waals surface area (Å²) in [5, 5.41) is 3.10. The van der Waals surface area contributed by atoms with Crippen LogP contribution in [0.25, 0.3) is 0 Å². The fourth-order valence-corrected chi connectivity index (χ4v) is 2.03. The van der Waals surface area contributed by atoms with Gasteiger partial charge in [-0.05, 0) is 30.7 Å². The molecule has 1 N–H and O–H groups in total. The fourth-order valence-electron chi connectivity index (χ4n) is 2.03. The number of benzene rings is 1. The van der Waals surface area contributed by atoms with E-state index in [0.29, 0.717) is 26.3 Å². The van der Waals surface area contributed by atoms with Gasteiger partial charge in [-0.25, -0.2) is 0 Å². The minimum atomic E-state index is 0.0963. The zero-order chi connectivity index (χ0) is 12.3. The van der Waals surface area contributed by atoms with Crippen molar-refractivity contribution in [3.05, 3.63) is 29.3 Å². The summed E-state index contributed by atoms with van der Waals surface area (Å²) in [6.07, 6.45) is 0. The first kappa shape index (κ1) is 11.9. The van der Waals surface area contributed by atoms with Gasteiger partial charge >= 0.3 is 0 Å². The van der Waals surface area contributed by atoms with Crippen molar-refractivity contribution in [2.45, 2.75) is 6.92 Å². The van der Waals surface area contributed by atoms with E-state index >= 15 is 0 Å². The second-order valence-electron chi connectivity index (χ2n) is 4.18. The normalized spacial score (nSPS) is 15.8. The molecule has 1 aliphatic rings. The molecule has 0 bridgehead atoms. The molecule has 0 unspecified atom stereocenters. The lowest BCUT2D eigenvalue weighted by molar-refractivity contribution is 0.0303.